The fourth-order valence-electron chi connectivity index (χ4n) is 2.29. The summed E-state index contributed by atoms with van der Waals surface area (Å²) in [6.45, 7) is 1.63. The van der Waals surface area contributed by atoms with Crippen LogP contribution in [0.2, 0.25) is 10.0 Å². The minimum absolute atomic E-state index is 0.0450. The molecule has 2 N–H and O–H groups in total. The van der Waals surface area contributed by atoms with Crippen molar-refractivity contribution < 1.29 is 14.3 Å². The van der Waals surface area contributed by atoms with Crippen LogP contribution in [0.15, 0.2) is 42.5 Å². The summed E-state index contributed by atoms with van der Waals surface area (Å²) in [5.74, 6) is 0.262. The first kappa shape index (κ1) is 18.5. The van der Waals surface area contributed by atoms with E-state index in [1.165, 1.54) is 0 Å². The van der Waals surface area contributed by atoms with Gasteiger partial charge in [0.15, 0.2) is 6.10 Å². The Morgan fingerprint density at radius 1 is 1.04 bits per heavy atom. The van der Waals surface area contributed by atoms with Gasteiger partial charge in [-0.15, -0.1) is 0 Å². The van der Waals surface area contributed by atoms with Crippen LogP contribution in [0, 0.1) is 5.92 Å². The second kappa shape index (κ2) is 7.98. The Bertz CT molecular complexity index is 820. The van der Waals surface area contributed by atoms with Crippen molar-refractivity contribution in [2.24, 2.45) is 5.92 Å². The maximum atomic E-state index is 12.3. The van der Waals surface area contributed by atoms with E-state index in [1.54, 1.807) is 49.4 Å². The number of carbonyl (C=O) groups excluding carboxylic acids is 2. The summed E-state index contributed by atoms with van der Waals surface area (Å²) in [6, 6.07) is 11.8. The molecule has 2 aromatic carbocycles. The fraction of sp³-hybridized carbons (Fsp3) is 0.263. The van der Waals surface area contributed by atoms with Gasteiger partial charge >= 0.3 is 0 Å². The average Bonchev–Trinajstić information content (AvgIpc) is 3.44. The molecule has 0 aliphatic heterocycles. The summed E-state index contributed by atoms with van der Waals surface area (Å²) >= 11 is 11.9. The molecule has 0 saturated heterocycles. The number of hydrogen-bond acceptors (Lipinski definition) is 3. The highest BCUT2D eigenvalue weighted by Gasteiger charge is 2.29. The highest BCUT2D eigenvalue weighted by Crippen LogP contribution is 2.30. The summed E-state index contributed by atoms with van der Waals surface area (Å²) < 4.78 is 5.58. The van der Waals surface area contributed by atoms with E-state index in [9.17, 15) is 9.59 Å². The lowest BCUT2D eigenvalue weighted by molar-refractivity contribution is -0.122. The molecule has 0 heterocycles. The molecule has 7 heteroatoms. The molecule has 0 spiro atoms. The Morgan fingerprint density at radius 2 is 1.65 bits per heavy atom. The van der Waals surface area contributed by atoms with Crippen molar-refractivity contribution in [2.45, 2.75) is 25.9 Å². The number of ether oxygens (including phenoxy) is 1. The molecule has 0 unspecified atom stereocenters. The number of carbonyl (C=O) groups is 2. The fourth-order valence-corrected chi connectivity index (χ4v) is 2.74. The minimum atomic E-state index is -0.747. The van der Waals surface area contributed by atoms with Crippen LogP contribution in [0.5, 0.6) is 5.75 Å². The number of amides is 2. The Morgan fingerprint density at radius 3 is 2.23 bits per heavy atom. The van der Waals surface area contributed by atoms with Crippen LogP contribution in [-0.4, -0.2) is 17.9 Å². The van der Waals surface area contributed by atoms with E-state index in [0.717, 1.165) is 12.8 Å². The predicted octanol–water partition coefficient (Wildman–Crippen LogP) is 4.75. The van der Waals surface area contributed by atoms with Crippen molar-refractivity contribution in [1.82, 2.24) is 0 Å². The summed E-state index contributed by atoms with van der Waals surface area (Å²) in [6.07, 6.45) is 1.16. The smallest absolute Gasteiger partial charge is 0.265 e. The zero-order chi connectivity index (χ0) is 18.7. The first-order valence-electron chi connectivity index (χ1n) is 8.26. The molecule has 1 saturated carbocycles. The predicted molar refractivity (Wildman–Crippen MR) is 103 cm³/mol. The SMILES string of the molecule is C[C@@H](Oc1ccc(Cl)cc1Cl)C(=O)Nc1ccc(NC(=O)C2CC2)cc1. The zero-order valence-electron chi connectivity index (χ0n) is 14.1. The van der Waals surface area contributed by atoms with E-state index in [0.29, 0.717) is 27.2 Å². The second-order valence-corrected chi connectivity index (χ2v) is 7.01. The third-order valence-electron chi connectivity index (χ3n) is 3.94. The Kier molecular flexibility index (Phi) is 5.69. The molecule has 1 aliphatic carbocycles. The van der Waals surface area contributed by atoms with E-state index in [1.807, 2.05) is 0 Å². The molecule has 1 fully saturated rings. The van der Waals surface area contributed by atoms with E-state index < -0.39 is 6.10 Å². The van der Waals surface area contributed by atoms with Gasteiger partial charge in [-0.25, -0.2) is 0 Å². The van der Waals surface area contributed by atoms with Gasteiger partial charge in [0, 0.05) is 22.3 Å². The lowest BCUT2D eigenvalue weighted by Crippen LogP contribution is -2.30. The summed E-state index contributed by atoms with van der Waals surface area (Å²) in [5, 5.41) is 6.45. The van der Waals surface area contributed by atoms with Crippen LogP contribution < -0.4 is 15.4 Å². The molecule has 2 aromatic rings. The topological polar surface area (TPSA) is 67.4 Å². The summed E-state index contributed by atoms with van der Waals surface area (Å²) in [4.78, 5) is 24.0. The summed E-state index contributed by atoms with van der Waals surface area (Å²) in [7, 11) is 0. The number of anilines is 2. The third-order valence-corrected chi connectivity index (χ3v) is 4.47. The normalized spacial score (nSPS) is 14.4. The number of rotatable bonds is 6. The van der Waals surface area contributed by atoms with Crippen LogP contribution >= 0.6 is 23.2 Å². The van der Waals surface area contributed by atoms with E-state index >= 15 is 0 Å². The molecule has 0 bridgehead atoms. The Labute approximate surface area is 161 Å². The number of nitrogens with one attached hydrogen (secondary N) is 2. The quantitative estimate of drug-likeness (QED) is 0.745. The van der Waals surface area contributed by atoms with Gasteiger partial charge in [-0.1, -0.05) is 23.2 Å². The van der Waals surface area contributed by atoms with E-state index in [2.05, 4.69) is 10.6 Å². The molecule has 26 heavy (non-hydrogen) atoms. The van der Waals surface area contributed by atoms with Crippen molar-refractivity contribution in [2.75, 3.05) is 10.6 Å². The molecule has 3 rings (SSSR count). The van der Waals surface area contributed by atoms with Crippen LogP contribution in [0.25, 0.3) is 0 Å². The highest BCUT2D eigenvalue weighted by molar-refractivity contribution is 6.35. The van der Waals surface area contributed by atoms with Crippen molar-refractivity contribution in [3.63, 3.8) is 0 Å². The van der Waals surface area contributed by atoms with Gasteiger partial charge < -0.3 is 15.4 Å². The van der Waals surface area contributed by atoms with Gasteiger partial charge in [-0.3, -0.25) is 9.59 Å². The van der Waals surface area contributed by atoms with Gasteiger partial charge in [-0.2, -0.15) is 0 Å². The third kappa shape index (κ3) is 4.90. The number of benzene rings is 2. The Hall–Kier alpha value is -2.24. The van der Waals surface area contributed by atoms with Crippen molar-refractivity contribution >= 4 is 46.4 Å². The lowest BCUT2D eigenvalue weighted by atomic mass is 10.2. The molecule has 5 nitrogen and oxygen atoms in total. The van der Waals surface area contributed by atoms with E-state index in [4.69, 9.17) is 27.9 Å². The van der Waals surface area contributed by atoms with Gasteiger partial charge in [0.2, 0.25) is 5.91 Å². The molecule has 1 atom stereocenters. The van der Waals surface area contributed by atoms with Gasteiger partial charge in [0.25, 0.3) is 5.91 Å². The highest BCUT2D eigenvalue weighted by atomic mass is 35.5. The first-order valence-corrected chi connectivity index (χ1v) is 9.01. The van der Waals surface area contributed by atoms with Gasteiger partial charge in [-0.05, 0) is 62.2 Å². The molecular weight excluding hydrogens is 375 g/mol. The van der Waals surface area contributed by atoms with Crippen LogP contribution in [0.1, 0.15) is 19.8 Å². The van der Waals surface area contributed by atoms with Gasteiger partial charge in [0.1, 0.15) is 5.75 Å². The minimum Gasteiger partial charge on any atom is -0.479 e. The van der Waals surface area contributed by atoms with Gasteiger partial charge in [0.05, 0.1) is 5.02 Å². The van der Waals surface area contributed by atoms with Crippen molar-refractivity contribution in [3.8, 4) is 5.75 Å². The second-order valence-electron chi connectivity index (χ2n) is 6.16. The maximum Gasteiger partial charge on any atom is 0.265 e. The van der Waals surface area contributed by atoms with Crippen LogP contribution in [-0.2, 0) is 9.59 Å². The molecule has 0 aromatic heterocycles. The number of halogens is 2. The standard InChI is InChI=1S/C19H18Cl2N2O3/c1-11(26-17-9-4-13(20)10-16(17)21)18(24)22-14-5-7-15(8-6-14)23-19(25)12-2-3-12/h4-12H,2-3H2,1H3,(H,22,24)(H,23,25)/t11-/m1/s1. The van der Waals surface area contributed by atoms with Crippen molar-refractivity contribution in [1.29, 1.82) is 0 Å². The zero-order valence-corrected chi connectivity index (χ0v) is 15.6. The molecule has 1 aliphatic rings. The molecule has 136 valence electrons. The van der Waals surface area contributed by atoms with Crippen LogP contribution in [0.3, 0.4) is 0 Å². The van der Waals surface area contributed by atoms with E-state index in [-0.39, 0.29) is 17.7 Å². The molecule has 2 amide bonds. The number of hydrogen-bond donors (Lipinski definition) is 2. The summed E-state index contributed by atoms with van der Waals surface area (Å²) in [5.41, 5.74) is 1.31. The molecular formula is C19H18Cl2N2O3. The van der Waals surface area contributed by atoms with Crippen LogP contribution in [0.4, 0.5) is 11.4 Å². The monoisotopic (exact) mass is 392 g/mol. The molecule has 0 radical (unpaired) electrons. The maximum absolute atomic E-state index is 12.3. The average molecular weight is 393 g/mol. The van der Waals surface area contributed by atoms with Crippen molar-refractivity contribution in [3.05, 3.63) is 52.5 Å². The first-order chi connectivity index (χ1) is 12.4. The lowest BCUT2D eigenvalue weighted by Gasteiger charge is -2.16. The largest absolute Gasteiger partial charge is 0.479 e. The Balaban J connectivity index is 1.55.